The molecule has 31 heavy (non-hydrogen) atoms. The highest BCUT2D eigenvalue weighted by Crippen LogP contribution is 2.24. The van der Waals surface area contributed by atoms with Crippen molar-refractivity contribution in [1.82, 2.24) is 15.0 Å². The average Bonchev–Trinajstić information content (AvgIpc) is 2.79. The van der Waals surface area contributed by atoms with Crippen LogP contribution in [-0.2, 0) is 0 Å². The Hall–Kier alpha value is -3.27. The lowest BCUT2D eigenvalue weighted by Gasteiger charge is -2.17. The summed E-state index contributed by atoms with van der Waals surface area (Å²) in [5.41, 5.74) is 4.50. The van der Waals surface area contributed by atoms with E-state index in [1.54, 1.807) is 0 Å². The van der Waals surface area contributed by atoms with Crippen molar-refractivity contribution in [2.24, 2.45) is 5.41 Å². The van der Waals surface area contributed by atoms with Crippen LogP contribution < -0.4 is 5.46 Å². The fourth-order valence-electron chi connectivity index (χ4n) is 3.41. The molecule has 0 bridgehead atoms. The number of benzene rings is 3. The van der Waals surface area contributed by atoms with Crippen molar-refractivity contribution in [1.29, 1.82) is 0 Å². The van der Waals surface area contributed by atoms with Gasteiger partial charge >= 0.3 is 0 Å². The largest absolute Gasteiger partial charge is 0.208 e. The Morgan fingerprint density at radius 2 is 1.10 bits per heavy atom. The average molecular weight is 404 g/mol. The lowest BCUT2D eigenvalue weighted by molar-refractivity contribution is 0.397. The van der Waals surface area contributed by atoms with E-state index in [-0.39, 0.29) is 0 Å². The van der Waals surface area contributed by atoms with Crippen molar-refractivity contribution in [2.75, 3.05) is 0 Å². The molecule has 0 saturated heterocycles. The minimum Gasteiger partial charge on any atom is -0.208 e. The fraction of sp³-hybridized carbons (Fsp3) is 0.222. The monoisotopic (exact) mass is 404 g/mol. The third-order valence-electron chi connectivity index (χ3n) is 5.12. The molecule has 0 atom stereocenters. The molecule has 0 aliphatic rings. The minimum atomic E-state index is 0.331. The zero-order valence-electron chi connectivity index (χ0n) is 18.4. The molecule has 0 aliphatic carbocycles. The molecule has 0 saturated carbocycles. The van der Waals surface area contributed by atoms with Crippen molar-refractivity contribution >= 4 is 12.7 Å². The van der Waals surface area contributed by atoms with Crippen LogP contribution in [0.3, 0.4) is 0 Å². The van der Waals surface area contributed by atoms with Crippen LogP contribution in [0.5, 0.6) is 0 Å². The molecule has 1 radical (unpaired) electrons. The molecular formula is C27H27BN3. The number of rotatable bonds is 6. The van der Waals surface area contributed by atoms with E-state index < -0.39 is 0 Å². The standard InChI is InChI=1S/C27H27BN3/c1-27(2,3)17-18-28-23-16-10-15-22(19-23)26-30-24(20-11-6-4-7-12-20)29-25(31-26)21-13-8-5-9-14-21/h4-16,19H,17-18H2,1-3H3. The van der Waals surface area contributed by atoms with Gasteiger partial charge in [-0.25, -0.2) is 15.0 Å². The Kier molecular flexibility index (Phi) is 6.27. The molecule has 0 spiro atoms. The van der Waals surface area contributed by atoms with Crippen molar-refractivity contribution in [3.05, 3.63) is 84.9 Å². The van der Waals surface area contributed by atoms with Gasteiger partial charge in [-0.3, -0.25) is 0 Å². The molecule has 0 N–H and O–H groups in total. The molecule has 4 rings (SSSR count). The first-order valence-corrected chi connectivity index (χ1v) is 10.8. The molecule has 0 unspecified atom stereocenters. The second-order valence-corrected chi connectivity index (χ2v) is 8.97. The summed E-state index contributed by atoms with van der Waals surface area (Å²) in [5, 5.41) is 0. The van der Waals surface area contributed by atoms with Gasteiger partial charge in [0.1, 0.15) is 0 Å². The predicted molar refractivity (Wildman–Crippen MR) is 130 cm³/mol. The van der Waals surface area contributed by atoms with Crippen LogP contribution in [0.1, 0.15) is 27.2 Å². The Labute approximate surface area is 185 Å². The van der Waals surface area contributed by atoms with Crippen LogP contribution in [0.2, 0.25) is 6.32 Å². The number of hydrogen-bond acceptors (Lipinski definition) is 3. The predicted octanol–water partition coefficient (Wildman–Crippen LogP) is 6.06. The molecule has 4 aromatic rings. The van der Waals surface area contributed by atoms with Gasteiger partial charge in [0, 0.05) is 16.7 Å². The molecular weight excluding hydrogens is 377 g/mol. The second-order valence-electron chi connectivity index (χ2n) is 8.97. The summed E-state index contributed by atoms with van der Waals surface area (Å²) in [6, 6.07) is 28.6. The molecule has 1 heterocycles. The molecule has 0 aliphatic heterocycles. The van der Waals surface area contributed by atoms with Crippen LogP contribution >= 0.6 is 0 Å². The van der Waals surface area contributed by atoms with Crippen LogP contribution in [0.15, 0.2) is 84.9 Å². The quantitative estimate of drug-likeness (QED) is 0.367. The van der Waals surface area contributed by atoms with Gasteiger partial charge in [0.25, 0.3) is 0 Å². The highest BCUT2D eigenvalue weighted by Gasteiger charge is 2.13. The number of nitrogens with zero attached hydrogens (tertiary/aromatic N) is 3. The van der Waals surface area contributed by atoms with Crippen molar-refractivity contribution in [3.63, 3.8) is 0 Å². The van der Waals surface area contributed by atoms with E-state index in [1.807, 2.05) is 60.7 Å². The SMILES string of the molecule is CC(C)(C)CC[B]c1cccc(-c2nc(-c3ccccc3)nc(-c3ccccc3)n2)c1. The Morgan fingerprint density at radius 3 is 1.61 bits per heavy atom. The summed E-state index contributed by atoms with van der Waals surface area (Å²) in [7, 11) is 2.30. The van der Waals surface area contributed by atoms with Gasteiger partial charge in [0.2, 0.25) is 0 Å². The first-order valence-electron chi connectivity index (χ1n) is 10.8. The van der Waals surface area contributed by atoms with Gasteiger partial charge < -0.3 is 0 Å². The molecule has 3 nitrogen and oxygen atoms in total. The first kappa shape index (κ1) is 21.0. The summed E-state index contributed by atoms with van der Waals surface area (Å²) in [4.78, 5) is 14.4. The van der Waals surface area contributed by atoms with Crippen LogP contribution in [0, 0.1) is 5.41 Å². The van der Waals surface area contributed by atoms with E-state index in [0.29, 0.717) is 22.9 Å². The number of hydrogen-bond donors (Lipinski definition) is 0. The summed E-state index contributed by atoms with van der Waals surface area (Å²) < 4.78 is 0. The normalized spacial score (nSPS) is 11.3. The van der Waals surface area contributed by atoms with Crippen molar-refractivity contribution in [3.8, 4) is 34.2 Å². The molecule has 4 heteroatoms. The maximum atomic E-state index is 4.82. The van der Waals surface area contributed by atoms with E-state index in [0.717, 1.165) is 29.4 Å². The van der Waals surface area contributed by atoms with E-state index in [4.69, 9.17) is 15.0 Å². The van der Waals surface area contributed by atoms with Crippen LogP contribution in [-0.4, -0.2) is 22.2 Å². The third kappa shape index (κ3) is 5.66. The van der Waals surface area contributed by atoms with Crippen LogP contribution in [0.4, 0.5) is 0 Å². The van der Waals surface area contributed by atoms with E-state index in [9.17, 15) is 0 Å². The Morgan fingerprint density at radius 1 is 0.613 bits per heavy atom. The summed E-state index contributed by atoms with van der Waals surface area (Å²) >= 11 is 0. The maximum Gasteiger partial charge on any atom is 0.164 e. The van der Waals surface area contributed by atoms with Crippen molar-refractivity contribution in [2.45, 2.75) is 33.5 Å². The van der Waals surface area contributed by atoms with Gasteiger partial charge in [-0.15, -0.1) is 0 Å². The lowest BCUT2D eigenvalue weighted by Crippen LogP contribution is -2.16. The summed E-state index contributed by atoms with van der Waals surface area (Å²) in [6.45, 7) is 6.83. The van der Waals surface area contributed by atoms with Gasteiger partial charge in [-0.05, 0) is 5.41 Å². The second kappa shape index (κ2) is 9.26. The molecule has 153 valence electrons. The third-order valence-corrected chi connectivity index (χ3v) is 5.12. The highest BCUT2D eigenvalue weighted by atomic mass is 15.0. The van der Waals surface area contributed by atoms with E-state index >= 15 is 0 Å². The minimum absolute atomic E-state index is 0.331. The summed E-state index contributed by atoms with van der Waals surface area (Å²) in [5.74, 6) is 2.07. The van der Waals surface area contributed by atoms with Gasteiger partial charge in [0.05, 0.1) is 0 Å². The van der Waals surface area contributed by atoms with Crippen molar-refractivity contribution < 1.29 is 0 Å². The van der Waals surface area contributed by atoms with Gasteiger partial charge in [0.15, 0.2) is 24.8 Å². The highest BCUT2D eigenvalue weighted by molar-refractivity contribution is 6.53. The van der Waals surface area contributed by atoms with E-state index in [2.05, 4.69) is 52.3 Å². The maximum absolute atomic E-state index is 4.82. The first-order chi connectivity index (χ1) is 15.0. The fourth-order valence-corrected chi connectivity index (χ4v) is 3.41. The Bertz CT molecular complexity index is 1080. The lowest BCUT2D eigenvalue weighted by atomic mass is 9.63. The Balaban J connectivity index is 1.71. The molecule has 0 fully saturated rings. The molecule has 0 amide bonds. The van der Waals surface area contributed by atoms with Gasteiger partial charge in [-0.2, -0.15) is 0 Å². The van der Waals surface area contributed by atoms with Gasteiger partial charge in [-0.1, -0.05) is 124 Å². The molecule has 1 aromatic heterocycles. The zero-order chi connectivity index (χ0) is 21.7. The van der Waals surface area contributed by atoms with E-state index in [1.165, 1.54) is 5.46 Å². The number of aromatic nitrogens is 3. The topological polar surface area (TPSA) is 38.7 Å². The summed E-state index contributed by atoms with van der Waals surface area (Å²) in [6.07, 6.45) is 2.20. The smallest absolute Gasteiger partial charge is 0.164 e. The zero-order valence-corrected chi connectivity index (χ0v) is 18.4. The van der Waals surface area contributed by atoms with Crippen LogP contribution in [0.25, 0.3) is 34.2 Å². The molecule has 3 aromatic carbocycles.